The summed E-state index contributed by atoms with van der Waals surface area (Å²) < 4.78 is 10.6. The molecule has 0 radical (unpaired) electrons. The summed E-state index contributed by atoms with van der Waals surface area (Å²) in [7, 11) is 3.22. The fourth-order valence-electron chi connectivity index (χ4n) is 1.94. The minimum absolute atomic E-state index is 0.0159. The molecule has 2 aromatic rings. The number of rotatable bonds is 7. The van der Waals surface area contributed by atoms with E-state index < -0.39 is 0 Å². The molecule has 6 nitrogen and oxygen atoms in total. The molecule has 0 aliphatic rings. The first-order valence-electron chi connectivity index (χ1n) is 7.13. The van der Waals surface area contributed by atoms with Gasteiger partial charge in [-0.25, -0.2) is 0 Å². The lowest BCUT2D eigenvalue weighted by Gasteiger charge is -2.09. The molecule has 0 fully saturated rings. The van der Waals surface area contributed by atoms with Crippen molar-refractivity contribution in [2.45, 2.75) is 11.9 Å². The zero-order valence-corrected chi connectivity index (χ0v) is 14.1. The number of aromatic nitrogens is 2. The van der Waals surface area contributed by atoms with E-state index in [-0.39, 0.29) is 5.91 Å². The summed E-state index contributed by atoms with van der Waals surface area (Å²) in [6.07, 6.45) is 0. The summed E-state index contributed by atoms with van der Waals surface area (Å²) >= 11 is 1.35. The maximum absolute atomic E-state index is 11.4. The van der Waals surface area contributed by atoms with Gasteiger partial charge in [-0.3, -0.25) is 4.79 Å². The number of thioether (sulfide) groups is 1. The second-order valence-electron chi connectivity index (χ2n) is 4.57. The smallest absolute Gasteiger partial charge is 0.230 e. The third-order valence-corrected chi connectivity index (χ3v) is 3.97. The first-order valence-corrected chi connectivity index (χ1v) is 8.12. The summed E-state index contributed by atoms with van der Waals surface area (Å²) in [5.74, 6) is 1.72. The molecular weight excluding hydrogens is 314 g/mol. The van der Waals surface area contributed by atoms with Crippen molar-refractivity contribution in [1.82, 2.24) is 15.5 Å². The molecule has 23 heavy (non-hydrogen) atoms. The Balaban J connectivity index is 2.14. The first kappa shape index (κ1) is 17.1. The Labute approximate surface area is 139 Å². The molecule has 0 spiro atoms. The van der Waals surface area contributed by atoms with Crippen molar-refractivity contribution in [1.29, 1.82) is 0 Å². The average Bonchev–Trinajstić information content (AvgIpc) is 2.60. The Hall–Kier alpha value is -2.28. The summed E-state index contributed by atoms with van der Waals surface area (Å²) in [6.45, 7) is 2.51. The molecule has 0 aliphatic carbocycles. The van der Waals surface area contributed by atoms with Gasteiger partial charge in [0.05, 0.1) is 25.7 Å². The number of carbonyl (C=O) groups is 1. The number of hydrogen-bond acceptors (Lipinski definition) is 6. The van der Waals surface area contributed by atoms with Crippen molar-refractivity contribution in [2.75, 3.05) is 26.5 Å². The third kappa shape index (κ3) is 4.59. The van der Waals surface area contributed by atoms with E-state index in [9.17, 15) is 4.79 Å². The van der Waals surface area contributed by atoms with Crippen molar-refractivity contribution in [3.05, 3.63) is 30.3 Å². The molecule has 1 aromatic carbocycles. The monoisotopic (exact) mass is 333 g/mol. The SMILES string of the molecule is CCNC(=O)CSc1ccc(-c2cc(OC)ccc2OC)nn1. The Morgan fingerprint density at radius 1 is 1.17 bits per heavy atom. The Morgan fingerprint density at radius 3 is 2.61 bits per heavy atom. The molecule has 0 bridgehead atoms. The largest absolute Gasteiger partial charge is 0.497 e. The number of carbonyl (C=O) groups excluding carboxylic acids is 1. The van der Waals surface area contributed by atoms with E-state index >= 15 is 0 Å². The van der Waals surface area contributed by atoms with Crippen LogP contribution in [0.15, 0.2) is 35.4 Å². The minimum Gasteiger partial charge on any atom is -0.497 e. The zero-order valence-electron chi connectivity index (χ0n) is 13.3. The van der Waals surface area contributed by atoms with Gasteiger partial charge in [0, 0.05) is 12.1 Å². The van der Waals surface area contributed by atoms with Crippen LogP contribution in [0.1, 0.15) is 6.92 Å². The van der Waals surface area contributed by atoms with Gasteiger partial charge in [0.2, 0.25) is 5.91 Å². The zero-order chi connectivity index (χ0) is 16.7. The molecule has 2 rings (SSSR count). The van der Waals surface area contributed by atoms with E-state index in [0.717, 1.165) is 11.3 Å². The molecule has 122 valence electrons. The number of amides is 1. The lowest BCUT2D eigenvalue weighted by atomic mass is 10.1. The lowest BCUT2D eigenvalue weighted by molar-refractivity contribution is -0.118. The molecule has 7 heteroatoms. The van der Waals surface area contributed by atoms with Crippen LogP contribution in [0.4, 0.5) is 0 Å². The van der Waals surface area contributed by atoms with Gasteiger partial charge < -0.3 is 14.8 Å². The van der Waals surface area contributed by atoms with Crippen LogP contribution in [-0.2, 0) is 4.79 Å². The number of nitrogens with one attached hydrogen (secondary N) is 1. The lowest BCUT2D eigenvalue weighted by Crippen LogP contribution is -2.24. The number of benzene rings is 1. The molecule has 0 saturated heterocycles. The first-order chi connectivity index (χ1) is 11.2. The van der Waals surface area contributed by atoms with Gasteiger partial charge in [0.1, 0.15) is 16.5 Å². The summed E-state index contributed by atoms with van der Waals surface area (Å²) in [6, 6.07) is 9.19. The summed E-state index contributed by atoms with van der Waals surface area (Å²) in [5.41, 5.74) is 1.49. The average molecular weight is 333 g/mol. The number of ether oxygens (including phenoxy) is 2. The van der Waals surface area contributed by atoms with E-state index in [0.29, 0.717) is 28.8 Å². The van der Waals surface area contributed by atoms with Gasteiger partial charge in [0.25, 0.3) is 0 Å². The van der Waals surface area contributed by atoms with Gasteiger partial charge in [-0.2, -0.15) is 0 Å². The molecular formula is C16H19N3O3S. The van der Waals surface area contributed by atoms with Crippen LogP contribution in [-0.4, -0.2) is 42.6 Å². The Morgan fingerprint density at radius 2 is 2.00 bits per heavy atom. The molecule has 1 amide bonds. The topological polar surface area (TPSA) is 73.3 Å². The second kappa shape index (κ2) is 8.38. The predicted molar refractivity (Wildman–Crippen MR) is 90.0 cm³/mol. The highest BCUT2D eigenvalue weighted by Crippen LogP contribution is 2.32. The quantitative estimate of drug-likeness (QED) is 0.784. The van der Waals surface area contributed by atoms with Gasteiger partial charge in [-0.15, -0.1) is 10.2 Å². The fraction of sp³-hybridized carbons (Fsp3) is 0.312. The number of hydrogen-bond donors (Lipinski definition) is 1. The standard InChI is InChI=1S/C16H19N3O3S/c1-4-17-15(20)10-23-16-8-6-13(18-19-16)12-9-11(21-2)5-7-14(12)22-3/h5-9H,4,10H2,1-3H3,(H,17,20). The minimum atomic E-state index is -0.0159. The van der Waals surface area contributed by atoms with Crippen molar-refractivity contribution >= 4 is 17.7 Å². The van der Waals surface area contributed by atoms with Gasteiger partial charge in [-0.05, 0) is 37.3 Å². The highest BCUT2D eigenvalue weighted by atomic mass is 32.2. The van der Waals surface area contributed by atoms with Crippen LogP contribution in [0, 0.1) is 0 Å². The summed E-state index contributed by atoms with van der Waals surface area (Å²) in [4.78, 5) is 11.4. The van der Waals surface area contributed by atoms with Crippen molar-refractivity contribution in [3.8, 4) is 22.8 Å². The van der Waals surface area contributed by atoms with Crippen LogP contribution in [0.3, 0.4) is 0 Å². The maximum Gasteiger partial charge on any atom is 0.230 e. The summed E-state index contributed by atoms with van der Waals surface area (Å²) in [5, 5.41) is 11.8. The molecule has 1 aromatic heterocycles. The van der Waals surface area contributed by atoms with Crippen molar-refractivity contribution in [2.24, 2.45) is 0 Å². The van der Waals surface area contributed by atoms with Crippen molar-refractivity contribution in [3.63, 3.8) is 0 Å². The normalized spacial score (nSPS) is 10.2. The van der Waals surface area contributed by atoms with Gasteiger partial charge >= 0.3 is 0 Å². The van der Waals surface area contributed by atoms with Crippen LogP contribution >= 0.6 is 11.8 Å². The van der Waals surface area contributed by atoms with Crippen LogP contribution < -0.4 is 14.8 Å². The van der Waals surface area contributed by atoms with E-state index in [1.807, 2.05) is 37.3 Å². The van der Waals surface area contributed by atoms with Crippen LogP contribution in [0.5, 0.6) is 11.5 Å². The highest BCUT2D eigenvalue weighted by molar-refractivity contribution is 7.99. The van der Waals surface area contributed by atoms with Gasteiger partial charge in [-0.1, -0.05) is 11.8 Å². The maximum atomic E-state index is 11.4. The molecule has 1 N–H and O–H groups in total. The molecule has 0 aliphatic heterocycles. The van der Waals surface area contributed by atoms with E-state index in [1.54, 1.807) is 14.2 Å². The Bertz CT molecular complexity index is 662. The van der Waals surface area contributed by atoms with Gasteiger partial charge in [0.15, 0.2) is 0 Å². The number of nitrogens with zero attached hydrogens (tertiary/aromatic N) is 2. The van der Waals surface area contributed by atoms with E-state index in [1.165, 1.54) is 11.8 Å². The highest BCUT2D eigenvalue weighted by Gasteiger charge is 2.10. The second-order valence-corrected chi connectivity index (χ2v) is 5.56. The predicted octanol–water partition coefficient (Wildman–Crippen LogP) is 2.39. The van der Waals surface area contributed by atoms with Crippen molar-refractivity contribution < 1.29 is 14.3 Å². The number of methoxy groups -OCH3 is 2. The Kier molecular flexibility index (Phi) is 6.22. The molecule has 0 saturated carbocycles. The fourth-order valence-corrected chi connectivity index (χ4v) is 2.59. The third-order valence-electron chi connectivity index (χ3n) is 3.05. The van der Waals surface area contributed by atoms with E-state index in [4.69, 9.17) is 9.47 Å². The van der Waals surface area contributed by atoms with E-state index in [2.05, 4.69) is 15.5 Å². The van der Waals surface area contributed by atoms with Crippen LogP contribution in [0.2, 0.25) is 0 Å². The van der Waals surface area contributed by atoms with Crippen LogP contribution in [0.25, 0.3) is 11.3 Å². The molecule has 1 heterocycles. The molecule has 0 unspecified atom stereocenters. The molecule has 0 atom stereocenters.